The summed E-state index contributed by atoms with van der Waals surface area (Å²) in [6.45, 7) is 3.12. The van der Waals surface area contributed by atoms with Crippen molar-refractivity contribution in [2.75, 3.05) is 13.7 Å². The molecule has 0 spiro atoms. The van der Waals surface area contributed by atoms with Gasteiger partial charge in [0, 0.05) is 6.20 Å². The van der Waals surface area contributed by atoms with Crippen molar-refractivity contribution in [2.45, 2.75) is 26.2 Å². The van der Waals surface area contributed by atoms with Gasteiger partial charge >= 0.3 is 5.69 Å². The molecule has 2 N–H and O–H groups in total. The minimum atomic E-state index is -0.644. The number of nitrogens with one attached hydrogen (secondary N) is 1. The van der Waals surface area contributed by atoms with Gasteiger partial charge in [0.2, 0.25) is 0 Å². The summed E-state index contributed by atoms with van der Waals surface area (Å²) in [4.78, 5) is 25.3. The van der Waals surface area contributed by atoms with Crippen LogP contribution in [0.3, 0.4) is 0 Å². The van der Waals surface area contributed by atoms with E-state index >= 15 is 0 Å². The minimum absolute atomic E-state index is 0.0913. The number of rotatable bonds is 4. The maximum absolute atomic E-state index is 11.7. The highest BCUT2D eigenvalue weighted by atomic mass is 16.5. The molecule has 0 aliphatic carbocycles. The number of aliphatic hydroxyl groups is 1. The first-order valence-electron chi connectivity index (χ1n) is 5.65. The molecule has 1 aromatic heterocycles. The number of H-pyrrole nitrogens is 1. The fraction of sp³-hybridized carbons (Fsp3) is 0.500. The Morgan fingerprint density at radius 2 is 2.16 bits per heavy atom. The molecule has 0 fully saturated rings. The average molecular weight is 268 g/mol. The standard InChI is InChI=1S/C12H16N2O5/c1-8(7-15)19-9(2)14-6-10(4-5-18-3)11(16)13-12(14)17/h6,8-9,15H,7H2,1-3H3,(H,13,16,17). The van der Waals surface area contributed by atoms with Crippen LogP contribution in [0.5, 0.6) is 0 Å². The molecule has 0 amide bonds. The Hall–Kier alpha value is -2.04. The third-order valence-corrected chi connectivity index (χ3v) is 2.33. The molecule has 0 aliphatic rings. The first-order chi connectivity index (χ1) is 8.99. The van der Waals surface area contributed by atoms with Crippen LogP contribution in [0.4, 0.5) is 0 Å². The zero-order chi connectivity index (χ0) is 14.4. The van der Waals surface area contributed by atoms with E-state index in [0.29, 0.717) is 0 Å². The fourth-order valence-electron chi connectivity index (χ4n) is 1.40. The first-order valence-corrected chi connectivity index (χ1v) is 5.65. The number of methoxy groups -OCH3 is 1. The molecule has 0 saturated carbocycles. The third-order valence-electron chi connectivity index (χ3n) is 2.33. The lowest BCUT2D eigenvalue weighted by atomic mass is 10.3. The SMILES string of the molecule is COC#Cc1cn(C(C)OC(C)CO)c(=O)[nH]c1=O. The molecule has 0 saturated heterocycles. The summed E-state index contributed by atoms with van der Waals surface area (Å²) in [5.74, 6) is 2.47. The molecule has 7 nitrogen and oxygen atoms in total. The molecule has 104 valence electrons. The normalized spacial score (nSPS) is 13.3. The van der Waals surface area contributed by atoms with Crippen molar-refractivity contribution in [1.82, 2.24) is 9.55 Å². The van der Waals surface area contributed by atoms with E-state index in [1.54, 1.807) is 13.8 Å². The van der Waals surface area contributed by atoms with Crippen LogP contribution in [0, 0.1) is 12.0 Å². The lowest BCUT2D eigenvalue weighted by Crippen LogP contribution is -2.34. The molecule has 2 unspecified atom stereocenters. The van der Waals surface area contributed by atoms with E-state index in [4.69, 9.17) is 9.84 Å². The summed E-state index contributed by atoms with van der Waals surface area (Å²) in [7, 11) is 1.37. The van der Waals surface area contributed by atoms with E-state index < -0.39 is 23.6 Å². The van der Waals surface area contributed by atoms with Gasteiger partial charge < -0.3 is 14.6 Å². The third kappa shape index (κ3) is 3.98. The molecule has 0 aliphatic heterocycles. The van der Waals surface area contributed by atoms with Gasteiger partial charge in [-0.3, -0.25) is 14.3 Å². The number of aromatic nitrogens is 2. The quantitative estimate of drug-likeness (QED) is 0.712. The second-order valence-electron chi connectivity index (χ2n) is 3.87. The molecule has 7 heteroatoms. The molecule has 0 aromatic carbocycles. The molecule has 1 heterocycles. The smallest absolute Gasteiger partial charge is 0.330 e. The first kappa shape index (κ1) is 15.0. The Morgan fingerprint density at radius 3 is 2.74 bits per heavy atom. The second kappa shape index (κ2) is 6.78. The van der Waals surface area contributed by atoms with Crippen molar-refractivity contribution >= 4 is 0 Å². The lowest BCUT2D eigenvalue weighted by molar-refractivity contribution is -0.0580. The number of ether oxygens (including phenoxy) is 2. The molecular weight excluding hydrogens is 252 g/mol. The zero-order valence-electron chi connectivity index (χ0n) is 11.0. The Labute approximate surface area is 109 Å². The van der Waals surface area contributed by atoms with Gasteiger partial charge in [0.15, 0.2) is 0 Å². The largest absolute Gasteiger partial charge is 0.450 e. The Kier molecular flexibility index (Phi) is 5.36. The van der Waals surface area contributed by atoms with Crippen LogP contribution in [0.1, 0.15) is 25.6 Å². The fourth-order valence-corrected chi connectivity index (χ4v) is 1.40. The Balaban J connectivity index is 3.14. The highest BCUT2D eigenvalue weighted by Gasteiger charge is 2.12. The van der Waals surface area contributed by atoms with E-state index in [1.807, 2.05) is 0 Å². The average Bonchev–Trinajstić information content (AvgIpc) is 2.37. The predicted molar refractivity (Wildman–Crippen MR) is 67.6 cm³/mol. The van der Waals surface area contributed by atoms with Crippen molar-refractivity contribution < 1.29 is 14.6 Å². The van der Waals surface area contributed by atoms with Crippen molar-refractivity contribution in [1.29, 1.82) is 0 Å². The number of hydrogen-bond donors (Lipinski definition) is 2. The van der Waals surface area contributed by atoms with Crippen LogP contribution in [-0.4, -0.2) is 34.5 Å². The predicted octanol–water partition coefficient (Wildman–Crippen LogP) is -0.592. The van der Waals surface area contributed by atoms with Gasteiger partial charge in [0.05, 0.1) is 19.8 Å². The van der Waals surface area contributed by atoms with E-state index in [-0.39, 0.29) is 12.2 Å². The van der Waals surface area contributed by atoms with Crippen LogP contribution < -0.4 is 11.2 Å². The van der Waals surface area contributed by atoms with Crippen molar-refractivity contribution in [3.05, 3.63) is 32.6 Å². The zero-order valence-corrected chi connectivity index (χ0v) is 11.0. The van der Waals surface area contributed by atoms with E-state index in [9.17, 15) is 9.59 Å². The van der Waals surface area contributed by atoms with Crippen molar-refractivity contribution in [3.63, 3.8) is 0 Å². The lowest BCUT2D eigenvalue weighted by Gasteiger charge is -2.19. The molecule has 0 bridgehead atoms. The van der Waals surface area contributed by atoms with Gasteiger partial charge in [0.1, 0.15) is 17.9 Å². The second-order valence-corrected chi connectivity index (χ2v) is 3.87. The van der Waals surface area contributed by atoms with Crippen LogP contribution in [0.15, 0.2) is 15.8 Å². The highest BCUT2D eigenvalue weighted by molar-refractivity contribution is 5.27. The summed E-state index contributed by atoms with van der Waals surface area (Å²) in [6, 6.07) is 0. The Morgan fingerprint density at radius 1 is 1.47 bits per heavy atom. The maximum Gasteiger partial charge on any atom is 0.330 e. The van der Waals surface area contributed by atoms with Crippen LogP contribution >= 0.6 is 0 Å². The molecule has 1 aromatic rings. The summed E-state index contributed by atoms with van der Waals surface area (Å²) in [5, 5.41) is 8.91. The van der Waals surface area contributed by atoms with E-state index in [1.165, 1.54) is 17.9 Å². The molecular formula is C12H16N2O5. The van der Waals surface area contributed by atoms with Gasteiger partial charge in [-0.25, -0.2) is 4.79 Å². The van der Waals surface area contributed by atoms with Crippen LogP contribution in [0.2, 0.25) is 0 Å². The van der Waals surface area contributed by atoms with Crippen LogP contribution in [0.25, 0.3) is 0 Å². The number of aliphatic hydroxyl groups excluding tert-OH is 1. The summed E-state index contributed by atoms with van der Waals surface area (Å²) < 4.78 is 11.1. The summed E-state index contributed by atoms with van der Waals surface area (Å²) in [6.07, 6.45) is 2.50. The number of nitrogens with zero attached hydrogens (tertiary/aromatic N) is 1. The molecule has 1 rings (SSSR count). The van der Waals surface area contributed by atoms with Crippen molar-refractivity contribution in [3.8, 4) is 12.0 Å². The van der Waals surface area contributed by atoms with Crippen molar-refractivity contribution in [2.24, 2.45) is 0 Å². The molecule has 0 radical (unpaired) electrons. The van der Waals surface area contributed by atoms with Gasteiger partial charge in [0.25, 0.3) is 5.56 Å². The molecule has 2 atom stereocenters. The highest BCUT2D eigenvalue weighted by Crippen LogP contribution is 2.07. The summed E-state index contributed by atoms with van der Waals surface area (Å²) >= 11 is 0. The Bertz CT molecular complexity index is 593. The summed E-state index contributed by atoms with van der Waals surface area (Å²) in [5.41, 5.74) is -1.10. The van der Waals surface area contributed by atoms with Crippen LogP contribution in [-0.2, 0) is 9.47 Å². The maximum atomic E-state index is 11.7. The van der Waals surface area contributed by atoms with Gasteiger partial charge in [-0.05, 0) is 19.8 Å². The monoisotopic (exact) mass is 268 g/mol. The van der Waals surface area contributed by atoms with Gasteiger partial charge in [-0.2, -0.15) is 0 Å². The van der Waals surface area contributed by atoms with Gasteiger partial charge in [-0.1, -0.05) is 0 Å². The number of aromatic amines is 1. The van der Waals surface area contributed by atoms with E-state index in [0.717, 1.165) is 0 Å². The van der Waals surface area contributed by atoms with Gasteiger partial charge in [-0.15, -0.1) is 0 Å². The minimum Gasteiger partial charge on any atom is -0.450 e. The van der Waals surface area contributed by atoms with E-state index in [2.05, 4.69) is 21.7 Å². The molecule has 19 heavy (non-hydrogen) atoms. The number of hydrogen-bond acceptors (Lipinski definition) is 5. The topological polar surface area (TPSA) is 93.6 Å².